The van der Waals surface area contributed by atoms with Gasteiger partial charge >= 0.3 is 0 Å². The van der Waals surface area contributed by atoms with Gasteiger partial charge in [0.05, 0.1) is 0 Å². The number of benzene rings is 2. The summed E-state index contributed by atoms with van der Waals surface area (Å²) >= 11 is 0. The van der Waals surface area contributed by atoms with E-state index in [1.807, 2.05) is 48.5 Å². The summed E-state index contributed by atoms with van der Waals surface area (Å²) in [6.07, 6.45) is 8.46. The molecule has 27 heavy (non-hydrogen) atoms. The summed E-state index contributed by atoms with van der Waals surface area (Å²) < 4.78 is 13.0. The topological polar surface area (TPSA) is 70.5 Å². The zero-order valence-corrected chi connectivity index (χ0v) is 16.7. The molecule has 148 valence electrons. The maximum atomic E-state index is 6.48. The number of hydrogen-bond acceptors (Lipinski definition) is 4. The van der Waals surface area contributed by atoms with E-state index in [4.69, 9.17) is 20.9 Å². The van der Waals surface area contributed by atoms with Gasteiger partial charge in [0.1, 0.15) is 11.5 Å². The molecular weight excluding hydrogens is 336 g/mol. The van der Waals surface area contributed by atoms with E-state index >= 15 is 0 Å². The molecule has 0 aliphatic heterocycles. The Morgan fingerprint density at radius 3 is 1.33 bits per heavy atom. The van der Waals surface area contributed by atoms with Crippen LogP contribution in [0.1, 0.15) is 65.2 Å². The van der Waals surface area contributed by atoms with Crippen molar-refractivity contribution in [1.82, 2.24) is 0 Å². The number of anilines is 2. The van der Waals surface area contributed by atoms with E-state index in [9.17, 15) is 0 Å². The molecule has 0 bridgehead atoms. The highest BCUT2D eigenvalue weighted by molar-refractivity contribution is 5.43. The van der Waals surface area contributed by atoms with Gasteiger partial charge in [-0.05, 0) is 61.4 Å². The quantitative estimate of drug-likeness (QED) is 0.266. The van der Waals surface area contributed by atoms with Crippen LogP contribution in [0, 0.1) is 0 Å². The van der Waals surface area contributed by atoms with Gasteiger partial charge in [-0.3, -0.25) is 0 Å². The number of rotatable bonds is 12. The Labute approximate surface area is 163 Å². The molecule has 2 aromatic rings. The van der Waals surface area contributed by atoms with Gasteiger partial charge in [0, 0.05) is 24.2 Å². The summed E-state index contributed by atoms with van der Waals surface area (Å²) in [4.78, 5) is 0. The van der Waals surface area contributed by atoms with Crippen LogP contribution in [0.5, 0.6) is 11.5 Å². The molecule has 0 heterocycles. The van der Waals surface area contributed by atoms with Crippen LogP contribution in [0.3, 0.4) is 0 Å². The summed E-state index contributed by atoms with van der Waals surface area (Å²) in [6, 6.07) is 15.1. The van der Waals surface area contributed by atoms with Gasteiger partial charge in [0.25, 0.3) is 5.79 Å². The average Bonchev–Trinajstić information content (AvgIpc) is 2.66. The standard InChI is InChI=1S/C23H34N2O2/c1-3-5-7-17-23(18-8-6-4-2,26-21-13-9-19(24)10-14-21)27-22-15-11-20(25)12-16-22/h9-16H,3-8,17-18,24-25H2,1-2H3. The Hall–Kier alpha value is -2.36. The highest BCUT2D eigenvalue weighted by Gasteiger charge is 2.34. The third-order valence-corrected chi connectivity index (χ3v) is 4.69. The average molecular weight is 371 g/mol. The maximum Gasteiger partial charge on any atom is 0.251 e. The summed E-state index contributed by atoms with van der Waals surface area (Å²) in [7, 11) is 0. The zero-order valence-electron chi connectivity index (χ0n) is 16.7. The lowest BCUT2D eigenvalue weighted by atomic mass is 10.00. The molecule has 0 spiro atoms. The van der Waals surface area contributed by atoms with Crippen LogP contribution in [0.15, 0.2) is 48.5 Å². The van der Waals surface area contributed by atoms with Crippen molar-refractivity contribution < 1.29 is 9.47 Å². The van der Waals surface area contributed by atoms with Gasteiger partial charge in [0.2, 0.25) is 0 Å². The number of unbranched alkanes of at least 4 members (excludes halogenated alkanes) is 4. The predicted molar refractivity (Wildman–Crippen MR) is 114 cm³/mol. The molecule has 0 saturated carbocycles. The third-order valence-electron chi connectivity index (χ3n) is 4.69. The fourth-order valence-corrected chi connectivity index (χ4v) is 3.14. The number of ether oxygens (including phenoxy) is 2. The van der Waals surface area contributed by atoms with E-state index in [1.54, 1.807) is 0 Å². The van der Waals surface area contributed by atoms with Crippen molar-refractivity contribution >= 4 is 11.4 Å². The second kappa shape index (κ2) is 10.7. The minimum absolute atomic E-state index is 0.684. The largest absolute Gasteiger partial charge is 0.452 e. The normalized spacial score (nSPS) is 11.3. The lowest BCUT2D eigenvalue weighted by molar-refractivity contribution is -0.128. The molecule has 0 aromatic heterocycles. The Morgan fingerprint density at radius 1 is 0.630 bits per heavy atom. The van der Waals surface area contributed by atoms with Crippen molar-refractivity contribution in [2.45, 2.75) is 71.0 Å². The highest BCUT2D eigenvalue weighted by Crippen LogP contribution is 2.33. The molecular formula is C23H34N2O2. The molecule has 0 unspecified atom stereocenters. The van der Waals surface area contributed by atoms with E-state index < -0.39 is 5.79 Å². The van der Waals surface area contributed by atoms with Crippen molar-refractivity contribution in [3.63, 3.8) is 0 Å². The highest BCUT2D eigenvalue weighted by atomic mass is 16.7. The first-order valence-electron chi connectivity index (χ1n) is 10.2. The maximum absolute atomic E-state index is 6.48. The predicted octanol–water partition coefficient (Wildman–Crippen LogP) is 6.17. The molecule has 2 rings (SSSR count). The van der Waals surface area contributed by atoms with E-state index in [0.29, 0.717) is 0 Å². The van der Waals surface area contributed by atoms with E-state index in [1.165, 1.54) is 0 Å². The summed E-state index contributed by atoms with van der Waals surface area (Å²) in [6.45, 7) is 4.42. The van der Waals surface area contributed by atoms with Gasteiger partial charge in [-0.15, -0.1) is 0 Å². The molecule has 0 saturated heterocycles. The smallest absolute Gasteiger partial charge is 0.251 e. The van der Waals surface area contributed by atoms with Crippen molar-refractivity contribution in [3.8, 4) is 11.5 Å². The number of nitrogens with two attached hydrogens (primary N) is 2. The van der Waals surface area contributed by atoms with Crippen LogP contribution < -0.4 is 20.9 Å². The molecule has 4 N–H and O–H groups in total. The fourth-order valence-electron chi connectivity index (χ4n) is 3.14. The van der Waals surface area contributed by atoms with Gasteiger partial charge < -0.3 is 20.9 Å². The van der Waals surface area contributed by atoms with E-state index in [0.717, 1.165) is 74.2 Å². The lowest BCUT2D eigenvalue weighted by Gasteiger charge is -2.35. The van der Waals surface area contributed by atoms with Crippen LogP contribution >= 0.6 is 0 Å². The van der Waals surface area contributed by atoms with Gasteiger partial charge in [-0.1, -0.05) is 39.5 Å². The first-order valence-corrected chi connectivity index (χ1v) is 10.2. The molecule has 2 aromatic carbocycles. The Morgan fingerprint density at radius 2 is 1.00 bits per heavy atom. The summed E-state index contributed by atoms with van der Waals surface area (Å²) in [5, 5.41) is 0. The van der Waals surface area contributed by atoms with Crippen LogP contribution in [0.4, 0.5) is 11.4 Å². The van der Waals surface area contributed by atoms with E-state index in [-0.39, 0.29) is 0 Å². The first-order chi connectivity index (χ1) is 13.1. The second-order valence-corrected chi connectivity index (χ2v) is 7.17. The molecule has 4 nitrogen and oxygen atoms in total. The van der Waals surface area contributed by atoms with Gasteiger partial charge in [0.15, 0.2) is 0 Å². The molecule has 0 atom stereocenters. The summed E-state index contributed by atoms with van der Waals surface area (Å²) in [5.74, 6) is 0.886. The van der Waals surface area contributed by atoms with Crippen LogP contribution in [-0.2, 0) is 0 Å². The number of nitrogen functional groups attached to an aromatic ring is 2. The molecule has 4 heteroatoms. The first kappa shape index (κ1) is 20.9. The Bertz CT molecular complexity index is 594. The number of hydrogen-bond donors (Lipinski definition) is 2. The minimum Gasteiger partial charge on any atom is -0.452 e. The Balaban J connectivity index is 2.26. The van der Waals surface area contributed by atoms with Crippen molar-refractivity contribution in [2.24, 2.45) is 0 Å². The van der Waals surface area contributed by atoms with Crippen LogP contribution in [0.2, 0.25) is 0 Å². The monoisotopic (exact) mass is 370 g/mol. The molecule has 0 aliphatic rings. The molecule has 0 radical (unpaired) electrons. The Kier molecular flexibility index (Phi) is 8.31. The molecule has 0 amide bonds. The molecule has 0 fully saturated rings. The zero-order chi connectivity index (χ0) is 19.5. The lowest BCUT2D eigenvalue weighted by Crippen LogP contribution is -2.42. The van der Waals surface area contributed by atoms with Crippen LogP contribution in [-0.4, -0.2) is 5.79 Å². The van der Waals surface area contributed by atoms with Gasteiger partial charge in [-0.2, -0.15) is 0 Å². The van der Waals surface area contributed by atoms with Crippen molar-refractivity contribution in [2.75, 3.05) is 11.5 Å². The SMILES string of the molecule is CCCCCC(CCCCC)(Oc1ccc(N)cc1)Oc1ccc(N)cc1. The van der Waals surface area contributed by atoms with Crippen molar-refractivity contribution in [3.05, 3.63) is 48.5 Å². The van der Waals surface area contributed by atoms with Crippen molar-refractivity contribution in [1.29, 1.82) is 0 Å². The van der Waals surface area contributed by atoms with E-state index in [2.05, 4.69) is 13.8 Å². The summed E-state index contributed by atoms with van der Waals surface area (Å²) in [5.41, 5.74) is 13.1. The van der Waals surface area contributed by atoms with Gasteiger partial charge in [-0.25, -0.2) is 0 Å². The van der Waals surface area contributed by atoms with Crippen LogP contribution in [0.25, 0.3) is 0 Å². The minimum atomic E-state index is -0.684. The second-order valence-electron chi connectivity index (χ2n) is 7.17. The third kappa shape index (κ3) is 7.05. The molecule has 0 aliphatic carbocycles. The fraction of sp³-hybridized carbons (Fsp3) is 0.478.